The van der Waals surface area contributed by atoms with Gasteiger partial charge < -0.3 is 13.4 Å². The summed E-state index contributed by atoms with van der Waals surface area (Å²) in [5, 5.41) is 5.68. The Hall–Kier alpha value is -7.05. The molecule has 0 spiro atoms. The van der Waals surface area contributed by atoms with E-state index in [1.165, 1.54) is 10.8 Å². The summed E-state index contributed by atoms with van der Waals surface area (Å²) in [6.45, 7) is 0. The van der Waals surface area contributed by atoms with Crippen LogP contribution in [0.4, 0.5) is 0 Å². The normalized spacial score (nSPS) is 13.3. The quantitative estimate of drug-likeness (QED) is 0.188. The van der Waals surface area contributed by atoms with Gasteiger partial charge in [-0.1, -0.05) is 109 Å². The molecule has 238 valence electrons. The zero-order chi connectivity index (χ0) is 37.8. The molecule has 11 rings (SSSR count). The van der Waals surface area contributed by atoms with Gasteiger partial charge in [-0.3, -0.25) is 0 Å². The van der Waals surface area contributed by atoms with Gasteiger partial charge in [-0.05, 0) is 42.5 Å². The van der Waals surface area contributed by atoms with E-state index in [4.69, 9.17) is 25.7 Å². The lowest BCUT2D eigenvalue weighted by Gasteiger charge is -2.09. The number of rotatable bonds is 4. The van der Waals surface area contributed by atoms with Crippen molar-refractivity contribution in [3.63, 3.8) is 0 Å². The van der Waals surface area contributed by atoms with Gasteiger partial charge in [-0.25, -0.2) is 15.0 Å². The first kappa shape index (κ1) is 23.3. The number of benzene rings is 7. The number of nitrogens with zero attached hydrogens (tertiary/aromatic N) is 4. The van der Waals surface area contributed by atoms with Gasteiger partial charge in [-0.2, -0.15) is 0 Å². The summed E-state index contributed by atoms with van der Waals surface area (Å²) in [6.07, 6.45) is 0. The average molecular weight is 660 g/mol. The van der Waals surface area contributed by atoms with Gasteiger partial charge >= 0.3 is 0 Å². The van der Waals surface area contributed by atoms with Gasteiger partial charge in [0.1, 0.15) is 22.3 Å². The van der Waals surface area contributed by atoms with Gasteiger partial charge in [0.15, 0.2) is 17.5 Å². The van der Waals surface area contributed by atoms with Gasteiger partial charge in [0.2, 0.25) is 0 Å². The van der Waals surface area contributed by atoms with Crippen molar-refractivity contribution in [3.05, 3.63) is 158 Å². The van der Waals surface area contributed by atoms with E-state index in [9.17, 15) is 0 Å². The first-order chi connectivity index (χ1) is 27.4. The van der Waals surface area contributed by atoms with Crippen molar-refractivity contribution in [3.8, 4) is 39.9 Å². The zero-order valence-corrected chi connectivity index (χ0v) is 26.7. The smallest absolute Gasteiger partial charge is 0.164 e. The summed E-state index contributed by atoms with van der Waals surface area (Å²) in [4.78, 5) is 14.4. The topological polar surface area (TPSA) is 69.9 Å². The Balaban J connectivity index is 1.17. The molecule has 0 aliphatic heterocycles. The van der Waals surface area contributed by atoms with Gasteiger partial charge in [0.25, 0.3) is 0 Å². The molecule has 0 bridgehead atoms. The predicted molar refractivity (Wildman–Crippen MR) is 205 cm³/mol. The molecule has 0 N–H and O–H groups in total. The molecule has 0 aliphatic carbocycles. The van der Waals surface area contributed by atoms with Crippen molar-refractivity contribution in [2.45, 2.75) is 0 Å². The Bertz CT molecular complexity index is 3360. The van der Waals surface area contributed by atoms with Crippen LogP contribution in [-0.2, 0) is 0 Å². The SMILES string of the molecule is [2H]c1c([2H])c([2H])c(-c2nc(-c3ccccc3)nc(-c3cccc4oc5ccc6c7ccc(-n8c9ccccc9c9ccccc98)cc7oc6c5c34)n2)c([2H])c1[2H]. The third-order valence-electron chi connectivity index (χ3n) is 9.55. The van der Waals surface area contributed by atoms with Crippen LogP contribution < -0.4 is 0 Å². The van der Waals surface area contributed by atoms with Crippen LogP contribution in [0.25, 0.3) is 106 Å². The minimum atomic E-state index is -0.493. The minimum Gasteiger partial charge on any atom is -0.456 e. The number of hydrogen-bond donors (Lipinski definition) is 0. The predicted octanol–water partition coefficient (Wildman–Crippen LogP) is 11.8. The molecule has 0 aliphatic rings. The Morgan fingerprint density at radius 3 is 1.92 bits per heavy atom. The second kappa shape index (κ2) is 10.7. The van der Waals surface area contributed by atoms with Crippen LogP contribution in [0.1, 0.15) is 6.85 Å². The van der Waals surface area contributed by atoms with Gasteiger partial charge in [0.05, 0.1) is 23.3 Å². The lowest BCUT2D eigenvalue weighted by molar-refractivity contribution is 0.662. The molecule has 4 aromatic heterocycles. The maximum Gasteiger partial charge on any atom is 0.164 e. The molecule has 7 aromatic carbocycles. The maximum absolute atomic E-state index is 8.72. The van der Waals surface area contributed by atoms with Crippen LogP contribution in [-0.4, -0.2) is 19.5 Å². The van der Waals surface area contributed by atoms with Crippen LogP contribution in [0.3, 0.4) is 0 Å². The van der Waals surface area contributed by atoms with Crippen LogP contribution in [0, 0.1) is 0 Å². The highest BCUT2D eigenvalue weighted by Crippen LogP contribution is 2.43. The lowest BCUT2D eigenvalue weighted by atomic mass is 10.0. The third kappa shape index (κ3) is 4.20. The molecule has 51 heavy (non-hydrogen) atoms. The highest BCUT2D eigenvalue weighted by atomic mass is 16.3. The largest absolute Gasteiger partial charge is 0.456 e. The van der Waals surface area contributed by atoms with E-state index in [0.717, 1.165) is 32.9 Å². The summed E-state index contributed by atoms with van der Waals surface area (Å²) in [7, 11) is 0. The second-order valence-electron chi connectivity index (χ2n) is 12.4. The fourth-order valence-electron chi connectivity index (χ4n) is 7.34. The second-order valence-corrected chi connectivity index (χ2v) is 12.4. The van der Waals surface area contributed by atoms with E-state index in [1.807, 2.05) is 60.7 Å². The van der Waals surface area contributed by atoms with Crippen molar-refractivity contribution in [1.82, 2.24) is 19.5 Å². The third-order valence-corrected chi connectivity index (χ3v) is 9.55. The standard InChI is InChI=1S/C45H26N4O2/c1-3-12-27(13-4-1)43-46-44(28-14-5-2-6-15-28)48-45(47-43)34-18-11-21-37-40(34)41-38(50-37)25-24-33-32-23-22-29(26-39(32)51-42(33)41)49-35-19-9-7-16-30(35)31-17-8-10-20-36(31)49/h1-26H/i1D,3D,4D,12D,13D. The summed E-state index contributed by atoms with van der Waals surface area (Å²) in [6, 6.07) is 39.7. The molecule has 0 radical (unpaired) electrons. The van der Waals surface area contributed by atoms with Crippen LogP contribution in [0.5, 0.6) is 0 Å². The molecule has 0 saturated carbocycles. The van der Waals surface area contributed by atoms with Gasteiger partial charge in [-0.15, -0.1) is 0 Å². The van der Waals surface area contributed by atoms with Gasteiger partial charge in [0, 0.05) is 55.4 Å². The van der Waals surface area contributed by atoms with E-state index in [0.29, 0.717) is 38.8 Å². The summed E-state index contributed by atoms with van der Waals surface area (Å²) >= 11 is 0. The van der Waals surface area contributed by atoms with E-state index < -0.39 is 30.2 Å². The van der Waals surface area contributed by atoms with Crippen molar-refractivity contribution in [2.24, 2.45) is 0 Å². The van der Waals surface area contributed by atoms with E-state index >= 15 is 0 Å². The Kier molecular flexibility index (Phi) is 4.91. The van der Waals surface area contributed by atoms with Crippen LogP contribution in [0.2, 0.25) is 0 Å². The summed E-state index contributed by atoms with van der Waals surface area (Å²) < 4.78 is 57.8. The molecule has 0 atom stereocenters. The highest BCUT2D eigenvalue weighted by molar-refractivity contribution is 6.24. The molecule has 11 aromatic rings. The molecule has 4 heterocycles. The summed E-state index contributed by atoms with van der Waals surface area (Å²) in [5.74, 6) is 0.492. The fraction of sp³-hybridized carbons (Fsp3) is 0. The van der Waals surface area contributed by atoms with E-state index in [2.05, 4.69) is 76.3 Å². The van der Waals surface area contributed by atoms with Crippen molar-refractivity contribution in [2.75, 3.05) is 0 Å². The molecule has 0 unspecified atom stereocenters. The zero-order valence-electron chi connectivity index (χ0n) is 31.7. The molecule has 6 nitrogen and oxygen atoms in total. The fourth-order valence-corrected chi connectivity index (χ4v) is 7.34. The number of hydrogen-bond acceptors (Lipinski definition) is 5. The Morgan fingerprint density at radius 2 is 1.14 bits per heavy atom. The Morgan fingerprint density at radius 1 is 0.471 bits per heavy atom. The number of aromatic nitrogens is 4. The molecule has 6 heteroatoms. The molecular formula is C45H26N4O2. The van der Waals surface area contributed by atoms with Crippen LogP contribution >= 0.6 is 0 Å². The maximum atomic E-state index is 8.72. The molecule has 0 fully saturated rings. The summed E-state index contributed by atoms with van der Waals surface area (Å²) in [5.41, 5.74) is 6.91. The van der Waals surface area contributed by atoms with Crippen LogP contribution in [0.15, 0.2) is 166 Å². The first-order valence-corrected chi connectivity index (χ1v) is 16.5. The number of para-hydroxylation sites is 2. The average Bonchev–Trinajstić information content (AvgIpc) is 3.91. The van der Waals surface area contributed by atoms with E-state index in [1.54, 1.807) is 0 Å². The first-order valence-electron chi connectivity index (χ1n) is 19.0. The van der Waals surface area contributed by atoms with Crippen molar-refractivity contribution in [1.29, 1.82) is 0 Å². The molecular weight excluding hydrogens is 629 g/mol. The molecule has 0 amide bonds. The van der Waals surface area contributed by atoms with E-state index in [-0.39, 0.29) is 23.0 Å². The minimum absolute atomic E-state index is 0.0397. The highest BCUT2D eigenvalue weighted by Gasteiger charge is 2.22. The number of fused-ring (bicyclic) bond motifs is 10. The molecule has 0 saturated heterocycles. The van der Waals surface area contributed by atoms with Crippen molar-refractivity contribution < 1.29 is 15.7 Å². The monoisotopic (exact) mass is 659 g/mol. The lowest BCUT2D eigenvalue weighted by Crippen LogP contribution is -2.00. The number of furan rings is 2. The Labute approximate surface area is 297 Å². The van der Waals surface area contributed by atoms with Crippen molar-refractivity contribution >= 4 is 65.7 Å².